The minimum atomic E-state index is -0.168. The van der Waals surface area contributed by atoms with E-state index in [0.717, 1.165) is 11.1 Å². The zero-order chi connectivity index (χ0) is 20.8. The summed E-state index contributed by atoms with van der Waals surface area (Å²) in [5, 5.41) is 1.10. The van der Waals surface area contributed by atoms with E-state index in [1.165, 1.54) is 13.2 Å². The molecule has 5 nitrogen and oxygen atoms in total. The normalized spacial score (nSPS) is 16.8. The first-order valence-corrected chi connectivity index (χ1v) is 10.1. The minimum Gasteiger partial charge on any atom is -0.491 e. The lowest BCUT2D eigenvalue weighted by Crippen LogP contribution is -2.41. The average molecular weight is 436 g/mol. The Labute approximate surface area is 180 Å². The first kappa shape index (κ1) is 21.5. The van der Waals surface area contributed by atoms with Crippen molar-refractivity contribution in [3.8, 4) is 11.5 Å². The zero-order valence-corrected chi connectivity index (χ0v) is 17.9. The van der Waals surface area contributed by atoms with Crippen molar-refractivity contribution in [1.29, 1.82) is 0 Å². The van der Waals surface area contributed by atoms with Crippen molar-refractivity contribution >= 4 is 35.2 Å². The van der Waals surface area contributed by atoms with E-state index < -0.39 is 0 Å². The monoisotopic (exact) mass is 435 g/mol. The van der Waals surface area contributed by atoms with Crippen molar-refractivity contribution in [3.05, 3.63) is 63.6 Å². The molecule has 3 rings (SSSR count). The van der Waals surface area contributed by atoms with E-state index in [0.29, 0.717) is 47.8 Å². The van der Waals surface area contributed by atoms with E-state index in [-0.39, 0.29) is 12.0 Å². The molecule has 0 radical (unpaired) electrons. The number of morpholine rings is 1. The van der Waals surface area contributed by atoms with Gasteiger partial charge in [0.05, 0.1) is 31.9 Å². The Kier molecular flexibility index (Phi) is 7.42. The number of carbonyl (C=O) groups excluding carboxylic acids is 1. The quantitative estimate of drug-likeness (QED) is 0.597. The summed E-state index contributed by atoms with van der Waals surface area (Å²) in [7, 11) is 1.54. The van der Waals surface area contributed by atoms with Gasteiger partial charge in [0.2, 0.25) is 5.91 Å². The van der Waals surface area contributed by atoms with Crippen molar-refractivity contribution in [2.45, 2.75) is 13.0 Å². The van der Waals surface area contributed by atoms with Gasteiger partial charge >= 0.3 is 0 Å². The molecule has 7 heteroatoms. The molecule has 1 atom stereocenters. The molecular formula is C22H23Cl2NO4. The van der Waals surface area contributed by atoms with E-state index in [4.69, 9.17) is 37.4 Å². The van der Waals surface area contributed by atoms with E-state index >= 15 is 0 Å². The first-order valence-electron chi connectivity index (χ1n) is 9.36. The predicted molar refractivity (Wildman–Crippen MR) is 115 cm³/mol. The number of hydrogen-bond donors (Lipinski definition) is 0. The number of halogens is 2. The van der Waals surface area contributed by atoms with Gasteiger partial charge in [-0.05, 0) is 48.4 Å². The lowest BCUT2D eigenvalue weighted by molar-refractivity contribution is -0.133. The van der Waals surface area contributed by atoms with Crippen LogP contribution in [0.2, 0.25) is 10.0 Å². The number of nitrogens with zero attached hydrogens (tertiary/aromatic N) is 1. The third-order valence-electron chi connectivity index (χ3n) is 4.57. The van der Waals surface area contributed by atoms with Gasteiger partial charge in [-0.1, -0.05) is 35.3 Å². The lowest BCUT2D eigenvalue weighted by Gasteiger charge is -2.32. The molecule has 1 amide bonds. The molecule has 0 aliphatic carbocycles. The van der Waals surface area contributed by atoms with Crippen molar-refractivity contribution in [3.63, 3.8) is 0 Å². The fraction of sp³-hybridized carbons (Fsp3) is 0.318. The number of benzene rings is 2. The predicted octanol–water partition coefficient (Wildman–Crippen LogP) is 5.01. The Balaban J connectivity index is 1.70. The molecule has 0 N–H and O–H groups in total. The summed E-state index contributed by atoms with van der Waals surface area (Å²) in [5.41, 5.74) is 1.76. The molecule has 0 spiro atoms. The van der Waals surface area contributed by atoms with Gasteiger partial charge in [-0.15, -0.1) is 0 Å². The maximum absolute atomic E-state index is 12.7. The summed E-state index contributed by atoms with van der Waals surface area (Å²) in [6.45, 7) is 3.88. The molecule has 1 fully saturated rings. The Morgan fingerprint density at radius 3 is 2.72 bits per heavy atom. The molecule has 2 aromatic rings. The molecule has 1 heterocycles. The third-order valence-corrected chi connectivity index (χ3v) is 5.11. The summed E-state index contributed by atoms with van der Waals surface area (Å²) < 4.78 is 16.7. The summed E-state index contributed by atoms with van der Waals surface area (Å²) in [6.07, 6.45) is 3.10. The fourth-order valence-corrected chi connectivity index (χ4v) is 3.57. The highest BCUT2D eigenvalue weighted by Gasteiger charge is 2.24. The number of methoxy groups -OCH3 is 1. The van der Waals surface area contributed by atoms with E-state index in [1.54, 1.807) is 23.1 Å². The van der Waals surface area contributed by atoms with Crippen LogP contribution >= 0.6 is 23.2 Å². The van der Waals surface area contributed by atoms with E-state index in [1.807, 2.05) is 31.2 Å². The van der Waals surface area contributed by atoms with Gasteiger partial charge in [-0.3, -0.25) is 4.79 Å². The molecule has 1 unspecified atom stereocenters. The average Bonchev–Trinajstić information content (AvgIpc) is 2.73. The van der Waals surface area contributed by atoms with E-state index in [2.05, 4.69) is 0 Å². The number of ether oxygens (including phenoxy) is 3. The summed E-state index contributed by atoms with van der Waals surface area (Å²) in [6, 6.07) is 11.0. The maximum atomic E-state index is 12.7. The molecule has 0 saturated carbocycles. The molecule has 0 aromatic heterocycles. The van der Waals surface area contributed by atoms with Gasteiger partial charge in [-0.25, -0.2) is 0 Å². The Hall–Kier alpha value is -2.21. The standard InChI is InChI=1S/C22H23Cl2NO4/c1-3-28-19-13-15(12-18(24)22(19)27-2)4-9-21(26)25-10-11-29-20(14-25)16-5-7-17(23)8-6-16/h4-9,12-13,20H,3,10-11,14H2,1-2H3. The van der Waals surface area contributed by atoms with Crippen LogP contribution < -0.4 is 9.47 Å². The first-order chi connectivity index (χ1) is 14.0. The second-order valence-corrected chi connectivity index (χ2v) is 7.34. The lowest BCUT2D eigenvalue weighted by atomic mass is 10.1. The maximum Gasteiger partial charge on any atom is 0.246 e. The molecular weight excluding hydrogens is 413 g/mol. The van der Waals surface area contributed by atoms with Crippen LogP contribution in [0.5, 0.6) is 11.5 Å². The molecule has 29 heavy (non-hydrogen) atoms. The number of rotatable bonds is 6. The molecule has 1 saturated heterocycles. The Morgan fingerprint density at radius 2 is 2.03 bits per heavy atom. The van der Waals surface area contributed by atoms with Gasteiger partial charge in [0.15, 0.2) is 11.5 Å². The van der Waals surface area contributed by atoms with Crippen LogP contribution in [0.1, 0.15) is 24.2 Å². The van der Waals surface area contributed by atoms with Crippen LogP contribution in [-0.2, 0) is 9.53 Å². The second kappa shape index (κ2) is 10.0. The van der Waals surface area contributed by atoms with Gasteiger partial charge in [0.1, 0.15) is 6.10 Å². The second-order valence-electron chi connectivity index (χ2n) is 6.50. The Bertz CT molecular complexity index is 883. The van der Waals surface area contributed by atoms with Crippen molar-refractivity contribution in [2.24, 2.45) is 0 Å². The van der Waals surface area contributed by atoms with Gasteiger partial charge in [0, 0.05) is 17.6 Å². The highest BCUT2D eigenvalue weighted by Crippen LogP contribution is 2.36. The van der Waals surface area contributed by atoms with Crippen LogP contribution in [0.25, 0.3) is 6.08 Å². The fourth-order valence-electron chi connectivity index (χ4n) is 3.15. The van der Waals surface area contributed by atoms with Crippen LogP contribution in [0.4, 0.5) is 0 Å². The van der Waals surface area contributed by atoms with Crippen molar-refractivity contribution in [1.82, 2.24) is 4.90 Å². The van der Waals surface area contributed by atoms with Crippen molar-refractivity contribution < 1.29 is 19.0 Å². The van der Waals surface area contributed by atoms with Crippen LogP contribution in [0.3, 0.4) is 0 Å². The molecule has 154 valence electrons. The topological polar surface area (TPSA) is 48.0 Å². The largest absolute Gasteiger partial charge is 0.491 e. The van der Waals surface area contributed by atoms with Crippen LogP contribution in [0.15, 0.2) is 42.5 Å². The summed E-state index contributed by atoms with van der Waals surface area (Å²) >= 11 is 12.2. The third kappa shape index (κ3) is 5.44. The van der Waals surface area contributed by atoms with Crippen molar-refractivity contribution in [2.75, 3.05) is 33.4 Å². The highest BCUT2D eigenvalue weighted by molar-refractivity contribution is 6.32. The number of amides is 1. The van der Waals surface area contributed by atoms with Gasteiger partial charge in [0.25, 0.3) is 0 Å². The smallest absolute Gasteiger partial charge is 0.246 e. The summed E-state index contributed by atoms with van der Waals surface area (Å²) in [5.74, 6) is 0.942. The highest BCUT2D eigenvalue weighted by atomic mass is 35.5. The van der Waals surface area contributed by atoms with E-state index in [9.17, 15) is 4.79 Å². The molecule has 1 aliphatic heterocycles. The molecule has 2 aromatic carbocycles. The Morgan fingerprint density at radius 1 is 1.28 bits per heavy atom. The minimum absolute atomic E-state index is 0.0860. The SMILES string of the molecule is CCOc1cc(C=CC(=O)N2CCOC(c3ccc(Cl)cc3)C2)cc(Cl)c1OC. The number of carbonyl (C=O) groups is 1. The molecule has 0 bridgehead atoms. The van der Waals surface area contributed by atoms with Crippen LogP contribution in [0, 0.1) is 0 Å². The van der Waals surface area contributed by atoms with Gasteiger partial charge < -0.3 is 19.1 Å². The summed E-state index contributed by atoms with van der Waals surface area (Å²) in [4.78, 5) is 14.5. The zero-order valence-electron chi connectivity index (χ0n) is 16.4. The number of hydrogen-bond acceptors (Lipinski definition) is 4. The van der Waals surface area contributed by atoms with Gasteiger partial charge in [-0.2, -0.15) is 0 Å². The van der Waals surface area contributed by atoms with Crippen LogP contribution in [-0.4, -0.2) is 44.2 Å². The molecule has 1 aliphatic rings.